The number of carbonyl (C=O) groups is 1. The van der Waals surface area contributed by atoms with Crippen LogP contribution in [0.15, 0.2) is 0 Å². The SMILES string of the molecule is CCCC(CCC)(NCC1CCCO1)C(=O)OC. The van der Waals surface area contributed by atoms with Crippen LogP contribution in [0.3, 0.4) is 0 Å². The highest BCUT2D eigenvalue weighted by Gasteiger charge is 2.38. The van der Waals surface area contributed by atoms with Crippen LogP contribution in [0.4, 0.5) is 0 Å². The van der Waals surface area contributed by atoms with Gasteiger partial charge in [0.2, 0.25) is 0 Å². The molecule has 0 radical (unpaired) electrons. The molecule has 0 bridgehead atoms. The lowest BCUT2D eigenvalue weighted by Crippen LogP contribution is -2.54. The minimum absolute atomic E-state index is 0.135. The van der Waals surface area contributed by atoms with Crippen molar-refractivity contribution in [3.63, 3.8) is 0 Å². The van der Waals surface area contributed by atoms with Crippen LogP contribution in [-0.4, -0.2) is 37.9 Å². The molecule has 1 atom stereocenters. The summed E-state index contributed by atoms with van der Waals surface area (Å²) in [4.78, 5) is 12.1. The van der Waals surface area contributed by atoms with Gasteiger partial charge in [0.1, 0.15) is 5.54 Å². The van der Waals surface area contributed by atoms with E-state index >= 15 is 0 Å². The molecule has 1 aliphatic heterocycles. The molecule has 0 amide bonds. The van der Waals surface area contributed by atoms with E-state index in [4.69, 9.17) is 9.47 Å². The normalized spacial score (nSPS) is 20.1. The van der Waals surface area contributed by atoms with E-state index in [0.29, 0.717) is 0 Å². The molecule has 0 aromatic heterocycles. The number of hydrogen-bond donors (Lipinski definition) is 1. The summed E-state index contributed by atoms with van der Waals surface area (Å²) in [7, 11) is 1.47. The Kier molecular flexibility index (Phi) is 6.65. The Labute approximate surface area is 110 Å². The maximum absolute atomic E-state index is 12.1. The quantitative estimate of drug-likeness (QED) is 0.678. The van der Waals surface area contributed by atoms with Gasteiger partial charge in [0.05, 0.1) is 13.2 Å². The molecule has 0 aliphatic carbocycles. The van der Waals surface area contributed by atoms with Crippen molar-refractivity contribution in [2.24, 2.45) is 0 Å². The van der Waals surface area contributed by atoms with Gasteiger partial charge in [0.25, 0.3) is 0 Å². The van der Waals surface area contributed by atoms with Crippen molar-refractivity contribution in [1.82, 2.24) is 5.32 Å². The minimum Gasteiger partial charge on any atom is -0.468 e. The Hall–Kier alpha value is -0.610. The van der Waals surface area contributed by atoms with Gasteiger partial charge < -0.3 is 9.47 Å². The zero-order chi connectivity index (χ0) is 13.4. The zero-order valence-corrected chi connectivity index (χ0v) is 12.0. The molecule has 0 aromatic rings. The molecule has 4 heteroatoms. The fraction of sp³-hybridized carbons (Fsp3) is 0.929. The second-order valence-electron chi connectivity index (χ2n) is 5.09. The number of nitrogens with one attached hydrogen (secondary N) is 1. The molecule has 0 spiro atoms. The molecule has 1 heterocycles. The van der Waals surface area contributed by atoms with Crippen LogP contribution in [-0.2, 0) is 14.3 Å². The number of ether oxygens (including phenoxy) is 2. The number of methoxy groups -OCH3 is 1. The van der Waals surface area contributed by atoms with Gasteiger partial charge in [-0.1, -0.05) is 26.7 Å². The molecule has 1 fully saturated rings. The molecule has 0 saturated carbocycles. The summed E-state index contributed by atoms with van der Waals surface area (Å²) >= 11 is 0. The van der Waals surface area contributed by atoms with Gasteiger partial charge in [-0.3, -0.25) is 10.1 Å². The summed E-state index contributed by atoms with van der Waals surface area (Å²) < 4.78 is 10.6. The molecule has 1 unspecified atom stereocenters. The Morgan fingerprint density at radius 3 is 2.50 bits per heavy atom. The summed E-state index contributed by atoms with van der Waals surface area (Å²) in [6.45, 7) is 5.79. The van der Waals surface area contributed by atoms with Gasteiger partial charge >= 0.3 is 5.97 Å². The molecule has 4 nitrogen and oxygen atoms in total. The maximum Gasteiger partial charge on any atom is 0.326 e. The standard InChI is InChI=1S/C14H27NO3/c1-4-8-14(9-5-2,13(16)17-3)15-11-12-7-6-10-18-12/h12,15H,4-11H2,1-3H3. The number of esters is 1. The topological polar surface area (TPSA) is 47.6 Å². The highest BCUT2D eigenvalue weighted by molar-refractivity contribution is 5.80. The van der Waals surface area contributed by atoms with E-state index in [-0.39, 0.29) is 12.1 Å². The van der Waals surface area contributed by atoms with Crippen LogP contribution in [0.2, 0.25) is 0 Å². The fourth-order valence-electron chi connectivity index (χ4n) is 2.74. The Balaban J connectivity index is 2.63. The average Bonchev–Trinajstić information content (AvgIpc) is 2.88. The first kappa shape index (κ1) is 15.4. The second kappa shape index (κ2) is 7.74. The summed E-state index contributed by atoms with van der Waals surface area (Å²) in [5.41, 5.74) is -0.524. The summed E-state index contributed by atoms with van der Waals surface area (Å²) in [5, 5.41) is 3.43. The van der Waals surface area contributed by atoms with E-state index in [9.17, 15) is 4.79 Å². The molecular formula is C14H27NO3. The lowest BCUT2D eigenvalue weighted by molar-refractivity contribution is -0.149. The van der Waals surface area contributed by atoms with Gasteiger partial charge in [-0.15, -0.1) is 0 Å². The highest BCUT2D eigenvalue weighted by atomic mass is 16.5. The van der Waals surface area contributed by atoms with Crippen molar-refractivity contribution in [2.75, 3.05) is 20.3 Å². The molecule has 1 saturated heterocycles. The van der Waals surface area contributed by atoms with E-state index in [1.54, 1.807) is 0 Å². The molecule has 18 heavy (non-hydrogen) atoms. The van der Waals surface area contributed by atoms with Crippen molar-refractivity contribution in [3.8, 4) is 0 Å². The Morgan fingerprint density at radius 1 is 1.39 bits per heavy atom. The number of hydrogen-bond acceptors (Lipinski definition) is 4. The van der Waals surface area contributed by atoms with Crippen molar-refractivity contribution in [1.29, 1.82) is 0 Å². The molecule has 1 N–H and O–H groups in total. The minimum atomic E-state index is -0.524. The van der Waals surface area contributed by atoms with Crippen LogP contribution in [0, 0.1) is 0 Å². The first-order chi connectivity index (χ1) is 8.68. The number of carbonyl (C=O) groups excluding carboxylic acids is 1. The molecule has 1 aliphatic rings. The summed E-state index contributed by atoms with van der Waals surface area (Å²) in [6.07, 6.45) is 6.03. The van der Waals surface area contributed by atoms with Crippen LogP contribution in [0.5, 0.6) is 0 Å². The van der Waals surface area contributed by atoms with Crippen LogP contribution in [0.25, 0.3) is 0 Å². The summed E-state index contributed by atoms with van der Waals surface area (Å²) in [6, 6.07) is 0. The summed E-state index contributed by atoms with van der Waals surface area (Å²) in [5.74, 6) is -0.135. The van der Waals surface area contributed by atoms with E-state index in [1.165, 1.54) is 7.11 Å². The van der Waals surface area contributed by atoms with E-state index in [0.717, 1.165) is 51.7 Å². The van der Waals surface area contributed by atoms with Gasteiger partial charge in [-0.05, 0) is 25.7 Å². The first-order valence-corrected chi connectivity index (χ1v) is 7.13. The predicted octanol–water partition coefficient (Wildman–Crippen LogP) is 2.27. The molecular weight excluding hydrogens is 230 g/mol. The van der Waals surface area contributed by atoms with Gasteiger partial charge in [-0.25, -0.2) is 0 Å². The third-order valence-corrected chi connectivity index (χ3v) is 3.62. The van der Waals surface area contributed by atoms with Crippen molar-refractivity contribution < 1.29 is 14.3 Å². The first-order valence-electron chi connectivity index (χ1n) is 7.13. The lowest BCUT2D eigenvalue weighted by atomic mass is 9.88. The Morgan fingerprint density at radius 2 is 2.06 bits per heavy atom. The van der Waals surface area contributed by atoms with Crippen LogP contribution < -0.4 is 5.32 Å². The number of rotatable bonds is 8. The van der Waals surface area contributed by atoms with Gasteiger partial charge in [0.15, 0.2) is 0 Å². The maximum atomic E-state index is 12.1. The van der Waals surface area contributed by atoms with E-state index < -0.39 is 5.54 Å². The average molecular weight is 257 g/mol. The van der Waals surface area contributed by atoms with Crippen molar-refractivity contribution >= 4 is 5.97 Å². The van der Waals surface area contributed by atoms with Crippen LogP contribution >= 0.6 is 0 Å². The van der Waals surface area contributed by atoms with Crippen LogP contribution in [0.1, 0.15) is 52.4 Å². The predicted molar refractivity (Wildman–Crippen MR) is 71.5 cm³/mol. The monoisotopic (exact) mass is 257 g/mol. The van der Waals surface area contributed by atoms with E-state index in [2.05, 4.69) is 19.2 Å². The van der Waals surface area contributed by atoms with Gasteiger partial charge in [0, 0.05) is 13.2 Å². The van der Waals surface area contributed by atoms with E-state index in [1.807, 2.05) is 0 Å². The smallest absolute Gasteiger partial charge is 0.326 e. The largest absolute Gasteiger partial charge is 0.468 e. The molecule has 106 valence electrons. The third-order valence-electron chi connectivity index (χ3n) is 3.62. The Bertz CT molecular complexity index is 243. The molecule has 0 aromatic carbocycles. The molecule has 1 rings (SSSR count). The lowest BCUT2D eigenvalue weighted by Gasteiger charge is -2.32. The zero-order valence-electron chi connectivity index (χ0n) is 12.0. The van der Waals surface area contributed by atoms with Crippen molar-refractivity contribution in [3.05, 3.63) is 0 Å². The highest BCUT2D eigenvalue weighted by Crippen LogP contribution is 2.22. The third kappa shape index (κ3) is 3.95. The van der Waals surface area contributed by atoms with Crippen molar-refractivity contribution in [2.45, 2.75) is 64.0 Å². The fourth-order valence-corrected chi connectivity index (χ4v) is 2.74. The second-order valence-corrected chi connectivity index (χ2v) is 5.09. The van der Waals surface area contributed by atoms with Gasteiger partial charge in [-0.2, -0.15) is 0 Å².